The van der Waals surface area contributed by atoms with Gasteiger partial charge in [0.25, 0.3) is 5.91 Å². The number of carboxylic acid groups (broad SMARTS) is 1. The summed E-state index contributed by atoms with van der Waals surface area (Å²) in [7, 11) is 0. The van der Waals surface area contributed by atoms with E-state index >= 15 is 0 Å². The fourth-order valence-electron chi connectivity index (χ4n) is 1.46. The van der Waals surface area contributed by atoms with Crippen LogP contribution in [-0.2, 0) is 9.59 Å². The molecule has 1 fully saturated rings. The number of nitrogens with zero attached hydrogens (tertiary/aromatic N) is 1. The van der Waals surface area contributed by atoms with Gasteiger partial charge in [-0.2, -0.15) is 11.8 Å². The molecule has 1 aliphatic heterocycles. The van der Waals surface area contributed by atoms with Crippen molar-refractivity contribution in [3.8, 4) is 0 Å². The molecular formula is C10H17N3O4S. The van der Waals surface area contributed by atoms with E-state index in [-0.39, 0.29) is 18.2 Å². The minimum Gasteiger partial charge on any atom is -0.480 e. The Morgan fingerprint density at radius 1 is 1.56 bits per heavy atom. The van der Waals surface area contributed by atoms with Gasteiger partial charge in [-0.15, -0.1) is 0 Å². The van der Waals surface area contributed by atoms with Crippen LogP contribution in [0.2, 0.25) is 0 Å². The Morgan fingerprint density at radius 3 is 2.61 bits per heavy atom. The molecule has 1 aliphatic rings. The van der Waals surface area contributed by atoms with Crippen LogP contribution < -0.4 is 11.1 Å². The maximum atomic E-state index is 11.8. The van der Waals surface area contributed by atoms with Crippen LogP contribution >= 0.6 is 11.8 Å². The molecule has 0 radical (unpaired) electrons. The lowest BCUT2D eigenvalue weighted by Gasteiger charge is -2.15. The third-order valence-electron chi connectivity index (χ3n) is 2.52. The van der Waals surface area contributed by atoms with Crippen molar-refractivity contribution < 1.29 is 19.5 Å². The Kier molecular flexibility index (Phi) is 4.58. The number of carbonyl (C=O) groups excluding carboxylic acids is 2. The number of aliphatic carboxylic acids is 1. The van der Waals surface area contributed by atoms with Gasteiger partial charge in [-0.25, -0.2) is 4.79 Å². The predicted molar refractivity (Wildman–Crippen MR) is 67.3 cm³/mol. The molecule has 1 saturated heterocycles. The Labute approximate surface area is 109 Å². The maximum Gasteiger partial charge on any atom is 0.325 e. The summed E-state index contributed by atoms with van der Waals surface area (Å²) in [5.74, 6) is -0.604. The van der Waals surface area contributed by atoms with E-state index in [0.717, 1.165) is 4.90 Å². The van der Waals surface area contributed by atoms with E-state index in [0.29, 0.717) is 5.75 Å². The summed E-state index contributed by atoms with van der Waals surface area (Å²) in [6.07, 6.45) is 0. The van der Waals surface area contributed by atoms with Gasteiger partial charge < -0.3 is 16.2 Å². The molecule has 0 aromatic rings. The molecule has 1 atom stereocenters. The van der Waals surface area contributed by atoms with Crippen molar-refractivity contribution in [2.75, 3.05) is 18.1 Å². The molecule has 0 saturated carbocycles. The van der Waals surface area contributed by atoms with Gasteiger partial charge in [0.15, 0.2) is 0 Å². The fourth-order valence-corrected chi connectivity index (χ4v) is 2.33. The van der Waals surface area contributed by atoms with Crippen LogP contribution in [0, 0.1) is 0 Å². The second-order valence-corrected chi connectivity index (χ2v) is 5.68. The zero-order valence-corrected chi connectivity index (χ0v) is 11.1. The Hall–Kier alpha value is -1.28. The van der Waals surface area contributed by atoms with E-state index in [9.17, 15) is 14.4 Å². The molecule has 0 aromatic heterocycles. The van der Waals surface area contributed by atoms with Gasteiger partial charge in [0, 0.05) is 18.1 Å². The van der Waals surface area contributed by atoms with Crippen LogP contribution in [-0.4, -0.2) is 57.5 Å². The Balaban J connectivity index is 2.34. The Morgan fingerprint density at radius 2 is 2.17 bits per heavy atom. The molecule has 3 amide bonds. The first-order valence-corrected chi connectivity index (χ1v) is 6.61. The lowest BCUT2D eigenvalue weighted by atomic mass is 10.1. The van der Waals surface area contributed by atoms with Gasteiger partial charge in [0.2, 0.25) is 0 Å². The number of hydrogen-bond acceptors (Lipinski definition) is 5. The number of nitrogens with one attached hydrogen (secondary N) is 1. The highest BCUT2D eigenvalue weighted by Crippen LogP contribution is 2.17. The van der Waals surface area contributed by atoms with Crippen molar-refractivity contribution >= 4 is 29.7 Å². The first-order chi connectivity index (χ1) is 8.25. The van der Waals surface area contributed by atoms with Crippen molar-refractivity contribution in [3.05, 3.63) is 0 Å². The standard InChI is InChI=1S/C10H17N3O4S/c1-10(2)8(16)13(9(17)12-10)3-4-18-5-6(11)7(14)15/h6H,3-5,11H2,1-2H3,(H,12,17)(H,14,15)/t6-/m0/s1. The number of urea groups is 1. The molecule has 0 unspecified atom stereocenters. The SMILES string of the molecule is CC1(C)NC(=O)N(CCSC[C@H](N)C(=O)O)C1=O. The molecule has 1 heterocycles. The number of thioether (sulfide) groups is 1. The van der Waals surface area contributed by atoms with Gasteiger partial charge in [-0.05, 0) is 13.8 Å². The monoisotopic (exact) mass is 275 g/mol. The molecule has 8 heteroatoms. The number of carbonyl (C=O) groups is 3. The summed E-state index contributed by atoms with van der Waals surface area (Å²) < 4.78 is 0. The summed E-state index contributed by atoms with van der Waals surface area (Å²) in [6.45, 7) is 3.53. The van der Waals surface area contributed by atoms with E-state index in [2.05, 4.69) is 5.32 Å². The molecule has 0 spiro atoms. The summed E-state index contributed by atoms with van der Waals surface area (Å²) in [4.78, 5) is 34.9. The normalized spacial score (nSPS) is 19.8. The summed E-state index contributed by atoms with van der Waals surface area (Å²) in [5, 5.41) is 11.1. The van der Waals surface area contributed by atoms with Gasteiger partial charge in [-0.3, -0.25) is 14.5 Å². The number of amides is 3. The van der Waals surface area contributed by atoms with Crippen molar-refractivity contribution in [2.24, 2.45) is 5.73 Å². The lowest BCUT2D eigenvalue weighted by molar-refractivity contribution is -0.138. The van der Waals surface area contributed by atoms with E-state index in [4.69, 9.17) is 10.8 Å². The van der Waals surface area contributed by atoms with Crippen molar-refractivity contribution in [1.82, 2.24) is 10.2 Å². The maximum absolute atomic E-state index is 11.8. The summed E-state index contributed by atoms with van der Waals surface area (Å²) in [6, 6.07) is -1.33. The van der Waals surface area contributed by atoms with Crippen molar-refractivity contribution in [2.45, 2.75) is 25.4 Å². The van der Waals surface area contributed by atoms with Crippen LogP contribution in [0.4, 0.5) is 4.79 Å². The van der Waals surface area contributed by atoms with Crippen molar-refractivity contribution in [3.63, 3.8) is 0 Å². The van der Waals surface area contributed by atoms with Crippen LogP contribution in [0.15, 0.2) is 0 Å². The van der Waals surface area contributed by atoms with E-state index in [1.165, 1.54) is 11.8 Å². The quantitative estimate of drug-likeness (QED) is 0.443. The van der Waals surface area contributed by atoms with E-state index in [1.807, 2.05) is 0 Å². The third-order valence-corrected chi connectivity index (χ3v) is 3.58. The number of rotatable bonds is 6. The highest BCUT2D eigenvalue weighted by molar-refractivity contribution is 7.99. The molecule has 1 rings (SSSR count). The zero-order chi connectivity index (χ0) is 13.9. The van der Waals surface area contributed by atoms with Crippen LogP contribution in [0.25, 0.3) is 0 Å². The topological polar surface area (TPSA) is 113 Å². The molecule has 18 heavy (non-hydrogen) atoms. The second kappa shape index (κ2) is 5.57. The third kappa shape index (κ3) is 3.36. The molecule has 0 aromatic carbocycles. The molecule has 0 bridgehead atoms. The largest absolute Gasteiger partial charge is 0.480 e. The summed E-state index contributed by atoms with van der Waals surface area (Å²) in [5.41, 5.74) is 4.47. The molecule has 4 N–H and O–H groups in total. The van der Waals surface area contributed by atoms with E-state index in [1.54, 1.807) is 13.8 Å². The van der Waals surface area contributed by atoms with Crippen LogP contribution in [0.5, 0.6) is 0 Å². The highest BCUT2D eigenvalue weighted by Gasteiger charge is 2.43. The lowest BCUT2D eigenvalue weighted by Crippen LogP contribution is -2.40. The number of nitrogens with two attached hydrogens (primary N) is 1. The van der Waals surface area contributed by atoms with E-state index < -0.39 is 23.6 Å². The Bertz CT molecular complexity index is 372. The molecular weight excluding hydrogens is 258 g/mol. The van der Waals surface area contributed by atoms with Gasteiger partial charge >= 0.3 is 12.0 Å². The highest BCUT2D eigenvalue weighted by atomic mass is 32.2. The summed E-state index contributed by atoms with van der Waals surface area (Å²) >= 11 is 1.30. The van der Waals surface area contributed by atoms with Gasteiger partial charge in [-0.1, -0.05) is 0 Å². The molecule has 7 nitrogen and oxygen atoms in total. The van der Waals surface area contributed by atoms with Gasteiger partial charge in [0.05, 0.1) is 0 Å². The smallest absolute Gasteiger partial charge is 0.325 e. The first kappa shape index (κ1) is 14.8. The molecule has 102 valence electrons. The second-order valence-electron chi connectivity index (χ2n) is 4.53. The number of imide groups is 1. The average Bonchev–Trinajstić information content (AvgIpc) is 2.44. The zero-order valence-electron chi connectivity index (χ0n) is 10.3. The average molecular weight is 275 g/mol. The number of hydrogen-bond donors (Lipinski definition) is 3. The number of carboxylic acids is 1. The van der Waals surface area contributed by atoms with Crippen molar-refractivity contribution in [1.29, 1.82) is 0 Å². The first-order valence-electron chi connectivity index (χ1n) is 5.46. The van der Waals surface area contributed by atoms with Crippen LogP contribution in [0.3, 0.4) is 0 Å². The van der Waals surface area contributed by atoms with Crippen LogP contribution in [0.1, 0.15) is 13.8 Å². The molecule has 0 aliphatic carbocycles. The fraction of sp³-hybridized carbons (Fsp3) is 0.700. The minimum absolute atomic E-state index is 0.252. The van der Waals surface area contributed by atoms with Gasteiger partial charge in [0.1, 0.15) is 11.6 Å². The minimum atomic E-state index is -1.06. The predicted octanol–water partition coefficient (Wildman–Crippen LogP) is -0.538.